The minimum atomic E-state index is 0. The summed E-state index contributed by atoms with van der Waals surface area (Å²) in [4.78, 5) is 0. The van der Waals surface area contributed by atoms with Crippen molar-refractivity contribution in [2.75, 3.05) is 0 Å². The molecular weight excluding hydrogens is 671 g/mol. The van der Waals surface area contributed by atoms with Gasteiger partial charge in [0.2, 0.25) is 0 Å². The van der Waals surface area contributed by atoms with Crippen molar-refractivity contribution in [3.05, 3.63) is 131 Å². The molecule has 0 aliphatic rings. The predicted octanol–water partition coefficient (Wildman–Crippen LogP) is 6.11. The molecule has 0 aromatic heterocycles. The van der Waals surface area contributed by atoms with Crippen LogP contribution in [0, 0.1) is 13.8 Å². The average Bonchev–Trinajstić information content (AvgIpc) is 3.53. The molecule has 0 amide bonds. The molecule has 0 N–H and O–H groups in total. The molecular formula is C40H44Cl2SiZr-2. The van der Waals surface area contributed by atoms with Crippen molar-refractivity contribution in [1.29, 1.82) is 0 Å². The number of aryl methyl sites for hydroxylation is 2. The molecule has 0 atom stereocenters. The first-order chi connectivity index (χ1) is 20.0. The van der Waals surface area contributed by atoms with Crippen LogP contribution in [0.25, 0.3) is 43.8 Å². The van der Waals surface area contributed by atoms with Gasteiger partial charge in [0.05, 0.1) is 0 Å². The summed E-state index contributed by atoms with van der Waals surface area (Å²) in [6.45, 7) is 17.9. The Morgan fingerprint density at radius 3 is 1.16 bits per heavy atom. The van der Waals surface area contributed by atoms with Gasteiger partial charge >= 0.3 is 41.9 Å². The SMILES string of the molecule is C[Si](C)=[Zr+2].Cc1cc2c(-c3ccc(C(C)C)cc3)cccc2[cH-]1.Cc1cc2c(-c3ccc(C(C)C)cc3)cccc2[cH-]1.[Cl-].[Cl-]. The van der Waals surface area contributed by atoms with Crippen LogP contribution in [-0.4, -0.2) is 5.43 Å². The summed E-state index contributed by atoms with van der Waals surface area (Å²) in [7, 11) is 0. The maximum absolute atomic E-state index is 2.31. The number of halogens is 2. The van der Waals surface area contributed by atoms with Gasteiger partial charge in [-0.25, -0.2) is 0 Å². The van der Waals surface area contributed by atoms with Crippen molar-refractivity contribution in [3.8, 4) is 22.3 Å². The van der Waals surface area contributed by atoms with Crippen molar-refractivity contribution in [1.82, 2.24) is 0 Å². The first-order valence-electron chi connectivity index (χ1n) is 15.1. The Hall–Kier alpha value is -2.22. The van der Waals surface area contributed by atoms with E-state index in [1.165, 1.54) is 66.1 Å². The Kier molecular flexibility index (Phi) is 15.1. The second kappa shape index (κ2) is 17.5. The fraction of sp³-hybridized carbons (Fsp3) is 0.250. The molecule has 0 saturated carbocycles. The van der Waals surface area contributed by atoms with Gasteiger partial charge in [0.15, 0.2) is 0 Å². The third-order valence-electron chi connectivity index (χ3n) is 7.57. The molecule has 0 saturated heterocycles. The summed E-state index contributed by atoms with van der Waals surface area (Å²) in [6, 6.07) is 40.1. The molecule has 0 radical (unpaired) electrons. The topological polar surface area (TPSA) is 0 Å². The monoisotopic (exact) mass is 712 g/mol. The normalized spacial score (nSPS) is 10.5. The fourth-order valence-corrected chi connectivity index (χ4v) is 5.37. The standard InChI is InChI=1S/2C19H19.C2H6Si.2ClH.Zr/c2*1-13(2)15-7-9-16(10-8-15)18-6-4-5-17-11-14(3)12-19(17)18;1-3-2;;;/h2*4-13H,1-3H3;1-2H3;2*1H;/q2*-1;;;;+2/p-2. The summed E-state index contributed by atoms with van der Waals surface area (Å²) in [5.74, 6) is 1.18. The van der Waals surface area contributed by atoms with Crippen LogP contribution in [0.5, 0.6) is 0 Å². The van der Waals surface area contributed by atoms with E-state index >= 15 is 0 Å². The van der Waals surface area contributed by atoms with Crippen molar-refractivity contribution >= 4 is 27.0 Å². The smallest absolute Gasteiger partial charge is 0.0219 e. The van der Waals surface area contributed by atoms with E-state index in [9.17, 15) is 0 Å². The van der Waals surface area contributed by atoms with Gasteiger partial charge in [0, 0.05) is 0 Å². The maximum atomic E-state index is 2.31. The zero-order valence-corrected chi connectivity index (χ0v) is 32.3. The van der Waals surface area contributed by atoms with E-state index in [0.29, 0.717) is 11.8 Å². The van der Waals surface area contributed by atoms with Gasteiger partial charge in [-0.3, -0.25) is 0 Å². The first kappa shape index (κ1) is 38.0. The van der Waals surface area contributed by atoms with E-state index < -0.39 is 0 Å². The van der Waals surface area contributed by atoms with Crippen molar-refractivity contribution in [2.24, 2.45) is 0 Å². The molecule has 228 valence electrons. The third kappa shape index (κ3) is 9.89. The Balaban J connectivity index is 0.000000263. The third-order valence-corrected chi connectivity index (χ3v) is 7.57. The summed E-state index contributed by atoms with van der Waals surface area (Å²) >= 11 is 1.74. The molecule has 0 aliphatic heterocycles. The van der Waals surface area contributed by atoms with Gasteiger partial charge in [0.1, 0.15) is 0 Å². The van der Waals surface area contributed by atoms with Gasteiger partial charge in [-0.05, 0) is 34.1 Å². The molecule has 0 fully saturated rings. The van der Waals surface area contributed by atoms with Crippen molar-refractivity contribution in [3.63, 3.8) is 0 Å². The van der Waals surface area contributed by atoms with Gasteiger partial charge < -0.3 is 24.8 Å². The van der Waals surface area contributed by atoms with Crippen LogP contribution in [0.15, 0.2) is 109 Å². The largest absolute Gasteiger partial charge is 1.00 e. The molecule has 0 nitrogen and oxygen atoms in total. The van der Waals surface area contributed by atoms with E-state index in [1.807, 2.05) is 0 Å². The van der Waals surface area contributed by atoms with E-state index in [-0.39, 0.29) is 30.2 Å². The Labute approximate surface area is 293 Å². The molecule has 6 rings (SSSR count). The summed E-state index contributed by atoms with van der Waals surface area (Å²) in [5, 5.41) is 5.39. The van der Waals surface area contributed by atoms with E-state index in [4.69, 9.17) is 0 Å². The minimum Gasteiger partial charge on any atom is -1.00 e. The second-order valence-corrected chi connectivity index (χ2v) is 21.6. The van der Waals surface area contributed by atoms with E-state index in [1.54, 1.807) is 23.3 Å². The van der Waals surface area contributed by atoms with Crippen LogP contribution in [0.4, 0.5) is 0 Å². The van der Waals surface area contributed by atoms with E-state index in [0.717, 1.165) is 0 Å². The zero-order valence-electron chi connectivity index (χ0n) is 27.3. The molecule has 0 aliphatic carbocycles. The van der Waals surface area contributed by atoms with Crippen LogP contribution >= 0.6 is 0 Å². The van der Waals surface area contributed by atoms with Crippen LogP contribution in [0.3, 0.4) is 0 Å². The van der Waals surface area contributed by atoms with Gasteiger partial charge in [-0.15, -0.1) is 69.1 Å². The van der Waals surface area contributed by atoms with Gasteiger partial charge in [0.25, 0.3) is 0 Å². The van der Waals surface area contributed by atoms with Crippen molar-refractivity contribution in [2.45, 2.75) is 66.5 Å². The molecule has 6 aromatic rings. The number of benzene rings is 4. The molecule has 0 spiro atoms. The van der Waals surface area contributed by atoms with Gasteiger partial charge in [-0.2, -0.15) is 12.1 Å². The molecule has 44 heavy (non-hydrogen) atoms. The second-order valence-electron chi connectivity index (χ2n) is 12.2. The number of fused-ring (bicyclic) bond motifs is 2. The Morgan fingerprint density at radius 1 is 0.545 bits per heavy atom. The Morgan fingerprint density at radius 2 is 0.864 bits per heavy atom. The van der Waals surface area contributed by atoms with Gasteiger partial charge in [-0.1, -0.05) is 113 Å². The molecule has 0 heterocycles. The van der Waals surface area contributed by atoms with Crippen LogP contribution in [-0.2, 0) is 23.3 Å². The number of hydrogen-bond acceptors (Lipinski definition) is 0. The molecule has 0 bridgehead atoms. The molecule has 4 heteroatoms. The average molecular weight is 715 g/mol. The van der Waals surface area contributed by atoms with Crippen LogP contribution in [0.1, 0.15) is 61.8 Å². The summed E-state index contributed by atoms with van der Waals surface area (Å²) < 4.78 is 0. The maximum Gasteiger partial charge on any atom is -0.0219 e. The van der Waals surface area contributed by atoms with E-state index in [2.05, 4.69) is 164 Å². The quantitative estimate of drug-likeness (QED) is 0.153. The first-order valence-corrected chi connectivity index (χ1v) is 21.3. The predicted molar refractivity (Wildman–Crippen MR) is 185 cm³/mol. The van der Waals surface area contributed by atoms with Crippen LogP contribution in [0.2, 0.25) is 13.1 Å². The number of rotatable bonds is 4. The zero-order chi connectivity index (χ0) is 30.4. The summed E-state index contributed by atoms with van der Waals surface area (Å²) in [5.41, 5.74) is 11.0. The molecule has 6 aromatic carbocycles. The van der Waals surface area contributed by atoms with Crippen LogP contribution < -0.4 is 24.8 Å². The van der Waals surface area contributed by atoms with Crippen molar-refractivity contribution < 1.29 is 48.1 Å². The minimum absolute atomic E-state index is 0. The summed E-state index contributed by atoms with van der Waals surface area (Å²) in [6.07, 6.45) is 0. The molecule has 0 unspecified atom stereocenters. The number of hydrogen-bond donors (Lipinski definition) is 0. The Bertz CT molecular complexity index is 1640. The fourth-order valence-electron chi connectivity index (χ4n) is 5.37.